The van der Waals surface area contributed by atoms with Crippen molar-refractivity contribution < 1.29 is 19.4 Å². The van der Waals surface area contributed by atoms with E-state index in [4.69, 9.17) is 9.84 Å². The molecule has 1 unspecified atom stereocenters. The Morgan fingerprint density at radius 1 is 1.10 bits per heavy atom. The summed E-state index contributed by atoms with van der Waals surface area (Å²) >= 11 is 0. The number of rotatable bonds is 1. The van der Waals surface area contributed by atoms with Crippen molar-refractivity contribution in [2.75, 3.05) is 26.2 Å². The standard InChI is InChI=1S/C14H24N2O4/c1-13(2)8-16(9-14(3,4)20-13)12(19)15-6-5-10(7-15)11(17)18/h10H,5-9H2,1-4H3,(H,17,18). The average molecular weight is 284 g/mol. The molecular weight excluding hydrogens is 260 g/mol. The van der Waals surface area contributed by atoms with Crippen molar-refractivity contribution in [1.82, 2.24) is 9.80 Å². The molecule has 2 heterocycles. The highest BCUT2D eigenvalue weighted by Gasteiger charge is 2.42. The number of urea groups is 1. The van der Waals surface area contributed by atoms with E-state index in [0.29, 0.717) is 32.6 Å². The number of carbonyl (C=O) groups is 2. The lowest BCUT2D eigenvalue weighted by molar-refractivity contribution is -0.171. The van der Waals surface area contributed by atoms with Gasteiger partial charge in [0.15, 0.2) is 0 Å². The molecule has 0 aromatic heterocycles. The van der Waals surface area contributed by atoms with E-state index in [1.165, 1.54) is 0 Å². The second-order valence-corrected chi connectivity index (χ2v) is 7.03. The molecule has 0 radical (unpaired) electrons. The Bertz CT molecular complexity index is 403. The number of amides is 2. The molecule has 0 saturated carbocycles. The van der Waals surface area contributed by atoms with Crippen LogP contribution in [0.15, 0.2) is 0 Å². The van der Waals surface area contributed by atoms with E-state index in [9.17, 15) is 9.59 Å². The maximum atomic E-state index is 12.5. The van der Waals surface area contributed by atoms with E-state index >= 15 is 0 Å². The third kappa shape index (κ3) is 3.23. The molecule has 20 heavy (non-hydrogen) atoms. The minimum Gasteiger partial charge on any atom is -0.481 e. The van der Waals surface area contributed by atoms with E-state index < -0.39 is 11.9 Å². The lowest BCUT2D eigenvalue weighted by Crippen LogP contribution is -2.60. The summed E-state index contributed by atoms with van der Waals surface area (Å²) in [4.78, 5) is 27.0. The van der Waals surface area contributed by atoms with Crippen molar-refractivity contribution in [3.8, 4) is 0 Å². The fraction of sp³-hybridized carbons (Fsp3) is 0.857. The van der Waals surface area contributed by atoms with Crippen LogP contribution in [-0.2, 0) is 9.53 Å². The number of hydrogen-bond acceptors (Lipinski definition) is 3. The number of nitrogens with zero attached hydrogens (tertiary/aromatic N) is 2. The van der Waals surface area contributed by atoms with E-state index in [-0.39, 0.29) is 17.2 Å². The highest BCUT2D eigenvalue weighted by molar-refractivity contribution is 5.77. The molecule has 2 fully saturated rings. The fourth-order valence-corrected chi connectivity index (χ4v) is 3.26. The summed E-state index contributed by atoms with van der Waals surface area (Å²) < 4.78 is 5.96. The van der Waals surface area contributed by atoms with Gasteiger partial charge in [0.2, 0.25) is 0 Å². The van der Waals surface area contributed by atoms with Gasteiger partial charge < -0.3 is 19.6 Å². The van der Waals surface area contributed by atoms with Crippen LogP contribution in [0.5, 0.6) is 0 Å². The summed E-state index contributed by atoms with van der Waals surface area (Å²) in [5.41, 5.74) is -0.771. The molecule has 0 aliphatic carbocycles. The lowest BCUT2D eigenvalue weighted by Gasteiger charge is -2.47. The van der Waals surface area contributed by atoms with E-state index in [1.807, 2.05) is 27.7 Å². The second kappa shape index (κ2) is 4.91. The molecule has 6 nitrogen and oxygen atoms in total. The predicted octanol–water partition coefficient (Wildman–Crippen LogP) is 1.40. The molecule has 6 heteroatoms. The highest BCUT2D eigenvalue weighted by Crippen LogP contribution is 2.29. The molecule has 1 N–H and O–H groups in total. The Morgan fingerprint density at radius 3 is 2.10 bits per heavy atom. The zero-order valence-corrected chi connectivity index (χ0v) is 12.7. The third-order valence-corrected chi connectivity index (χ3v) is 3.77. The first kappa shape index (κ1) is 15.1. The van der Waals surface area contributed by atoms with Crippen LogP contribution in [0.3, 0.4) is 0 Å². The van der Waals surface area contributed by atoms with E-state index in [2.05, 4.69) is 0 Å². The van der Waals surface area contributed by atoms with Gasteiger partial charge in [0, 0.05) is 13.1 Å². The Kier molecular flexibility index (Phi) is 3.71. The van der Waals surface area contributed by atoms with Crippen molar-refractivity contribution in [3.05, 3.63) is 0 Å². The van der Waals surface area contributed by atoms with Crippen LogP contribution in [0.4, 0.5) is 4.79 Å². The number of likely N-dealkylation sites (tertiary alicyclic amines) is 1. The number of aliphatic carboxylic acids is 1. The number of morpholine rings is 1. The second-order valence-electron chi connectivity index (χ2n) is 7.03. The van der Waals surface area contributed by atoms with Gasteiger partial charge in [-0.1, -0.05) is 0 Å². The fourth-order valence-electron chi connectivity index (χ4n) is 3.26. The highest BCUT2D eigenvalue weighted by atomic mass is 16.5. The minimum absolute atomic E-state index is 0.0711. The summed E-state index contributed by atoms with van der Waals surface area (Å²) in [6, 6.07) is -0.0711. The van der Waals surface area contributed by atoms with Crippen LogP contribution in [0.2, 0.25) is 0 Å². The summed E-state index contributed by atoms with van der Waals surface area (Å²) in [6.45, 7) is 9.78. The Morgan fingerprint density at radius 2 is 1.65 bits per heavy atom. The molecular formula is C14H24N2O4. The Balaban J connectivity index is 2.04. The van der Waals surface area contributed by atoms with E-state index in [0.717, 1.165) is 0 Å². The van der Waals surface area contributed by atoms with Gasteiger partial charge >= 0.3 is 12.0 Å². The number of hydrogen-bond donors (Lipinski definition) is 1. The van der Waals surface area contributed by atoms with Crippen molar-refractivity contribution in [2.45, 2.75) is 45.3 Å². The maximum absolute atomic E-state index is 12.5. The molecule has 1 atom stereocenters. The van der Waals surface area contributed by atoms with Gasteiger partial charge in [0.1, 0.15) is 0 Å². The van der Waals surface area contributed by atoms with Crippen molar-refractivity contribution >= 4 is 12.0 Å². The Hall–Kier alpha value is -1.30. The summed E-state index contributed by atoms with van der Waals surface area (Å²) in [6.07, 6.45) is 0.540. The number of carboxylic acids is 1. The van der Waals surface area contributed by atoms with Crippen LogP contribution in [0.1, 0.15) is 34.1 Å². The Labute approximate surface area is 119 Å². The van der Waals surface area contributed by atoms with E-state index in [1.54, 1.807) is 9.80 Å². The van der Waals surface area contributed by atoms with Crippen LogP contribution >= 0.6 is 0 Å². The van der Waals surface area contributed by atoms with Gasteiger partial charge in [-0.3, -0.25) is 4.79 Å². The van der Waals surface area contributed by atoms with Crippen LogP contribution in [-0.4, -0.2) is 64.3 Å². The molecule has 0 bridgehead atoms. The van der Waals surface area contributed by atoms with Gasteiger partial charge in [-0.15, -0.1) is 0 Å². The monoisotopic (exact) mass is 284 g/mol. The number of carbonyl (C=O) groups excluding carboxylic acids is 1. The van der Waals surface area contributed by atoms with Gasteiger partial charge in [-0.2, -0.15) is 0 Å². The first-order valence-corrected chi connectivity index (χ1v) is 7.06. The van der Waals surface area contributed by atoms with Crippen molar-refractivity contribution in [3.63, 3.8) is 0 Å². The SMILES string of the molecule is CC1(C)CN(C(=O)N2CCC(C(=O)O)C2)CC(C)(C)O1. The molecule has 2 amide bonds. The van der Waals surface area contributed by atoms with Crippen molar-refractivity contribution in [2.24, 2.45) is 5.92 Å². The largest absolute Gasteiger partial charge is 0.481 e. The number of ether oxygens (including phenoxy) is 1. The molecule has 0 aromatic carbocycles. The lowest BCUT2D eigenvalue weighted by atomic mass is 9.99. The molecule has 114 valence electrons. The van der Waals surface area contributed by atoms with Crippen LogP contribution < -0.4 is 0 Å². The zero-order chi connectivity index (χ0) is 15.1. The number of carboxylic acid groups (broad SMARTS) is 1. The smallest absolute Gasteiger partial charge is 0.320 e. The quantitative estimate of drug-likeness (QED) is 0.790. The molecule has 0 aromatic rings. The first-order chi connectivity index (χ1) is 9.10. The van der Waals surface area contributed by atoms with Crippen molar-refractivity contribution in [1.29, 1.82) is 0 Å². The molecule has 2 aliphatic rings. The van der Waals surface area contributed by atoms with Gasteiger partial charge in [0.05, 0.1) is 30.2 Å². The molecule has 0 spiro atoms. The third-order valence-electron chi connectivity index (χ3n) is 3.77. The van der Waals surface area contributed by atoms with Crippen LogP contribution in [0.25, 0.3) is 0 Å². The van der Waals surface area contributed by atoms with Crippen LogP contribution in [0, 0.1) is 5.92 Å². The maximum Gasteiger partial charge on any atom is 0.320 e. The average Bonchev–Trinajstić information content (AvgIpc) is 2.72. The summed E-state index contributed by atoms with van der Waals surface area (Å²) in [5.74, 6) is -1.25. The summed E-state index contributed by atoms with van der Waals surface area (Å²) in [5, 5.41) is 9.02. The molecule has 2 saturated heterocycles. The predicted molar refractivity (Wildman–Crippen MR) is 73.5 cm³/mol. The van der Waals surface area contributed by atoms with Gasteiger partial charge in [0.25, 0.3) is 0 Å². The van der Waals surface area contributed by atoms with Gasteiger partial charge in [-0.05, 0) is 34.1 Å². The minimum atomic E-state index is -0.817. The molecule has 2 rings (SSSR count). The molecule has 2 aliphatic heterocycles. The normalized spacial score (nSPS) is 28.5. The summed E-state index contributed by atoms with van der Waals surface area (Å²) in [7, 11) is 0. The van der Waals surface area contributed by atoms with Gasteiger partial charge in [-0.25, -0.2) is 4.79 Å². The zero-order valence-electron chi connectivity index (χ0n) is 12.7. The topological polar surface area (TPSA) is 70.1 Å². The first-order valence-electron chi connectivity index (χ1n) is 7.06.